The van der Waals surface area contributed by atoms with E-state index in [-0.39, 0.29) is 42.7 Å². The van der Waals surface area contributed by atoms with Gasteiger partial charge in [0.25, 0.3) is 0 Å². The summed E-state index contributed by atoms with van der Waals surface area (Å²) >= 11 is 0. The van der Waals surface area contributed by atoms with E-state index in [0.29, 0.717) is 23.7 Å². The first kappa shape index (κ1) is 19.7. The van der Waals surface area contributed by atoms with Crippen LogP contribution in [0.25, 0.3) is 0 Å². The molecular formula is C23H38O5. The van der Waals surface area contributed by atoms with Gasteiger partial charge in [-0.15, -0.1) is 0 Å². The fraction of sp³-hybridized carbons (Fsp3) is 1.00. The zero-order valence-electron chi connectivity index (χ0n) is 17.0. The fourth-order valence-electron chi connectivity index (χ4n) is 7.21. The molecule has 0 bridgehead atoms. The van der Waals surface area contributed by atoms with Gasteiger partial charge in [0.1, 0.15) is 0 Å². The molecule has 3 saturated carbocycles. The van der Waals surface area contributed by atoms with Gasteiger partial charge in [0.15, 0.2) is 0 Å². The molecule has 5 rings (SSSR count). The monoisotopic (exact) mass is 394 g/mol. The van der Waals surface area contributed by atoms with Gasteiger partial charge in [-0.3, -0.25) is 0 Å². The summed E-state index contributed by atoms with van der Waals surface area (Å²) in [6, 6.07) is 0. The van der Waals surface area contributed by atoms with Crippen LogP contribution in [-0.4, -0.2) is 58.0 Å². The summed E-state index contributed by atoms with van der Waals surface area (Å²) in [6.07, 6.45) is 12.0. The normalized spacial score (nSPS) is 54.8. The molecule has 2 saturated heterocycles. The lowest BCUT2D eigenvalue weighted by molar-refractivity contribution is -0.248. The smallest absolute Gasteiger partial charge is 0.0659 e. The third-order valence-electron chi connectivity index (χ3n) is 8.72. The summed E-state index contributed by atoms with van der Waals surface area (Å²) in [5.41, 5.74) is 0. The first-order valence-electron chi connectivity index (χ1n) is 11.9. The summed E-state index contributed by atoms with van der Waals surface area (Å²) in [5, 5.41) is 30.3. The minimum Gasteiger partial charge on any atom is -0.393 e. The molecule has 2 aliphatic heterocycles. The maximum Gasteiger partial charge on any atom is 0.0659 e. The zero-order chi connectivity index (χ0) is 19.3. The van der Waals surface area contributed by atoms with Crippen molar-refractivity contribution in [3.05, 3.63) is 0 Å². The van der Waals surface area contributed by atoms with E-state index in [1.165, 1.54) is 0 Å². The standard InChI is InChI=1S/C23H38O5/c24-16-5-1-13(2-6-16)19-9-15-10-20(14-3-7-17(25)8-4-14)28-22-12-18(26)11-21(27-19)23(15)22/h13-26H,1-12H2. The van der Waals surface area contributed by atoms with Crippen molar-refractivity contribution in [2.75, 3.05) is 0 Å². The topological polar surface area (TPSA) is 79.2 Å². The van der Waals surface area contributed by atoms with Crippen molar-refractivity contribution in [2.45, 2.75) is 120 Å². The second-order valence-electron chi connectivity index (χ2n) is 10.5. The predicted molar refractivity (Wildman–Crippen MR) is 105 cm³/mol. The molecule has 2 heterocycles. The van der Waals surface area contributed by atoms with Gasteiger partial charge in [0.2, 0.25) is 0 Å². The second kappa shape index (κ2) is 8.14. The number of aliphatic hydroxyl groups is 3. The van der Waals surface area contributed by atoms with Gasteiger partial charge in [0, 0.05) is 5.92 Å². The molecule has 0 aromatic heterocycles. The zero-order valence-corrected chi connectivity index (χ0v) is 17.0. The Balaban J connectivity index is 1.30. The third-order valence-corrected chi connectivity index (χ3v) is 8.72. The average molecular weight is 395 g/mol. The molecule has 0 aromatic rings. The Labute approximate surface area is 168 Å². The van der Waals surface area contributed by atoms with Crippen LogP contribution in [0.5, 0.6) is 0 Å². The molecule has 160 valence electrons. The lowest BCUT2D eigenvalue weighted by atomic mass is 9.64. The van der Waals surface area contributed by atoms with Crippen LogP contribution in [0.4, 0.5) is 0 Å². The van der Waals surface area contributed by atoms with Gasteiger partial charge in [-0.25, -0.2) is 0 Å². The maximum atomic E-state index is 10.5. The van der Waals surface area contributed by atoms with Crippen molar-refractivity contribution in [1.82, 2.24) is 0 Å². The van der Waals surface area contributed by atoms with Gasteiger partial charge < -0.3 is 24.8 Å². The molecule has 28 heavy (non-hydrogen) atoms. The molecule has 0 amide bonds. The van der Waals surface area contributed by atoms with Gasteiger partial charge in [-0.2, -0.15) is 0 Å². The lowest BCUT2D eigenvalue weighted by Crippen LogP contribution is -2.58. The van der Waals surface area contributed by atoms with Crippen molar-refractivity contribution in [3.8, 4) is 0 Å². The van der Waals surface area contributed by atoms with Gasteiger partial charge in [-0.05, 0) is 94.8 Å². The van der Waals surface area contributed by atoms with E-state index in [1.54, 1.807) is 0 Å². The number of aliphatic hydroxyl groups excluding tert-OH is 3. The predicted octanol–water partition coefficient (Wildman–Crippen LogP) is 2.79. The molecule has 4 unspecified atom stereocenters. The molecular weight excluding hydrogens is 356 g/mol. The Morgan fingerprint density at radius 3 is 1.29 bits per heavy atom. The number of hydrogen-bond donors (Lipinski definition) is 3. The Kier molecular flexibility index (Phi) is 5.74. The first-order valence-corrected chi connectivity index (χ1v) is 11.9. The van der Waals surface area contributed by atoms with E-state index in [0.717, 1.165) is 77.0 Å². The summed E-state index contributed by atoms with van der Waals surface area (Å²) in [5.74, 6) is 2.21. The highest BCUT2D eigenvalue weighted by molar-refractivity contribution is 5.01. The minimum absolute atomic E-state index is 0.123. The van der Waals surface area contributed by atoms with E-state index in [9.17, 15) is 15.3 Å². The highest BCUT2D eigenvalue weighted by Crippen LogP contribution is 2.50. The van der Waals surface area contributed by atoms with E-state index in [4.69, 9.17) is 9.47 Å². The van der Waals surface area contributed by atoms with Crippen LogP contribution in [0.3, 0.4) is 0 Å². The molecule has 0 spiro atoms. The molecule has 5 fully saturated rings. The van der Waals surface area contributed by atoms with Crippen molar-refractivity contribution in [3.63, 3.8) is 0 Å². The molecule has 5 heteroatoms. The number of ether oxygens (including phenoxy) is 2. The summed E-state index contributed by atoms with van der Waals surface area (Å²) in [7, 11) is 0. The molecule has 3 N–H and O–H groups in total. The molecule has 3 aliphatic carbocycles. The molecule has 4 atom stereocenters. The first-order chi connectivity index (χ1) is 13.6. The summed E-state index contributed by atoms with van der Waals surface area (Å²) in [4.78, 5) is 0. The van der Waals surface area contributed by atoms with Gasteiger partial charge in [0.05, 0.1) is 42.7 Å². The van der Waals surface area contributed by atoms with Crippen LogP contribution >= 0.6 is 0 Å². The van der Waals surface area contributed by atoms with E-state index < -0.39 is 0 Å². The Hall–Kier alpha value is -0.200. The van der Waals surface area contributed by atoms with Gasteiger partial charge in [-0.1, -0.05) is 0 Å². The third kappa shape index (κ3) is 3.90. The SMILES string of the molecule is OC1CCC(C2CC3CC(C4CCC(O)CC4)OC4CC(O)CC(O2)C34)CC1. The fourth-order valence-corrected chi connectivity index (χ4v) is 7.21. The van der Waals surface area contributed by atoms with Crippen LogP contribution in [-0.2, 0) is 9.47 Å². The molecule has 5 aliphatic rings. The highest BCUT2D eigenvalue weighted by Gasteiger charge is 2.53. The van der Waals surface area contributed by atoms with Crippen LogP contribution in [0.1, 0.15) is 77.0 Å². The van der Waals surface area contributed by atoms with E-state index in [1.807, 2.05) is 0 Å². The minimum atomic E-state index is -0.314. The maximum absolute atomic E-state index is 10.5. The molecule has 0 radical (unpaired) electrons. The molecule has 0 aromatic carbocycles. The van der Waals surface area contributed by atoms with E-state index >= 15 is 0 Å². The average Bonchev–Trinajstić information content (AvgIpc) is 2.68. The van der Waals surface area contributed by atoms with Crippen molar-refractivity contribution in [2.24, 2.45) is 23.7 Å². The van der Waals surface area contributed by atoms with Gasteiger partial charge >= 0.3 is 0 Å². The van der Waals surface area contributed by atoms with Crippen molar-refractivity contribution < 1.29 is 24.8 Å². The van der Waals surface area contributed by atoms with E-state index in [2.05, 4.69) is 0 Å². The Morgan fingerprint density at radius 1 is 0.429 bits per heavy atom. The van der Waals surface area contributed by atoms with Crippen LogP contribution in [0.2, 0.25) is 0 Å². The van der Waals surface area contributed by atoms with Crippen LogP contribution in [0.15, 0.2) is 0 Å². The largest absolute Gasteiger partial charge is 0.393 e. The Morgan fingerprint density at radius 2 is 0.857 bits per heavy atom. The summed E-state index contributed by atoms with van der Waals surface area (Å²) < 4.78 is 13.2. The van der Waals surface area contributed by atoms with Crippen molar-refractivity contribution in [1.29, 1.82) is 0 Å². The van der Waals surface area contributed by atoms with Crippen LogP contribution < -0.4 is 0 Å². The quantitative estimate of drug-likeness (QED) is 0.671. The highest BCUT2D eigenvalue weighted by atomic mass is 16.5. The van der Waals surface area contributed by atoms with Crippen molar-refractivity contribution >= 4 is 0 Å². The summed E-state index contributed by atoms with van der Waals surface area (Å²) in [6.45, 7) is 0. The van der Waals surface area contributed by atoms with Crippen LogP contribution in [0, 0.1) is 23.7 Å². The Bertz CT molecular complexity index is 481. The number of hydrogen-bond acceptors (Lipinski definition) is 5. The second-order valence-corrected chi connectivity index (χ2v) is 10.5. The number of rotatable bonds is 2. The molecule has 5 nitrogen and oxygen atoms in total. The lowest BCUT2D eigenvalue weighted by Gasteiger charge is -2.55.